The molecule has 110 valence electrons. The summed E-state index contributed by atoms with van der Waals surface area (Å²) in [6.07, 6.45) is 0.730. The first-order valence-corrected chi connectivity index (χ1v) is 7.18. The lowest BCUT2D eigenvalue weighted by molar-refractivity contribution is 0.0696. The molecule has 0 saturated carbocycles. The van der Waals surface area contributed by atoms with E-state index in [-0.39, 0.29) is 5.56 Å². The first-order chi connectivity index (χ1) is 10.1. The van der Waals surface area contributed by atoms with Gasteiger partial charge >= 0.3 is 5.97 Å². The van der Waals surface area contributed by atoms with Crippen LogP contribution in [0.1, 0.15) is 15.9 Å². The minimum Gasteiger partial charge on any atom is -0.497 e. The second-order valence-electron chi connectivity index (χ2n) is 4.40. The van der Waals surface area contributed by atoms with E-state index in [4.69, 9.17) is 14.6 Å². The molecule has 0 fully saturated rings. The van der Waals surface area contributed by atoms with E-state index < -0.39 is 5.97 Å². The summed E-state index contributed by atoms with van der Waals surface area (Å²) in [5.74, 6) is 0.377. The molecule has 0 atom stereocenters. The van der Waals surface area contributed by atoms with Crippen LogP contribution in [0, 0.1) is 0 Å². The summed E-state index contributed by atoms with van der Waals surface area (Å²) in [5, 5.41) is 8.97. The molecule has 0 spiro atoms. The zero-order valence-corrected chi connectivity index (χ0v) is 13.1. The van der Waals surface area contributed by atoms with Crippen LogP contribution in [-0.2, 0) is 6.42 Å². The van der Waals surface area contributed by atoms with Crippen molar-refractivity contribution in [2.24, 2.45) is 0 Å². The van der Waals surface area contributed by atoms with Crippen LogP contribution in [0.3, 0.4) is 0 Å². The topological polar surface area (TPSA) is 55.8 Å². The Hall–Kier alpha value is -2.01. The Kier molecular flexibility index (Phi) is 5.22. The maximum Gasteiger partial charge on any atom is 0.335 e. The number of benzene rings is 2. The number of aromatic carboxylic acids is 1. The van der Waals surface area contributed by atoms with Crippen molar-refractivity contribution < 1.29 is 19.4 Å². The summed E-state index contributed by atoms with van der Waals surface area (Å²) < 4.78 is 11.5. The average molecular weight is 351 g/mol. The van der Waals surface area contributed by atoms with Crippen molar-refractivity contribution in [3.05, 3.63) is 58.1 Å². The van der Waals surface area contributed by atoms with Gasteiger partial charge in [0.25, 0.3) is 0 Å². The predicted molar refractivity (Wildman–Crippen MR) is 83.3 cm³/mol. The highest BCUT2D eigenvalue weighted by atomic mass is 79.9. The van der Waals surface area contributed by atoms with Crippen molar-refractivity contribution >= 4 is 21.9 Å². The van der Waals surface area contributed by atoms with E-state index >= 15 is 0 Å². The smallest absolute Gasteiger partial charge is 0.335 e. The van der Waals surface area contributed by atoms with Crippen molar-refractivity contribution in [1.29, 1.82) is 0 Å². The highest BCUT2D eigenvalue weighted by Gasteiger charge is 2.08. The lowest BCUT2D eigenvalue weighted by atomic mass is 10.1. The molecular formula is C16H15BrO4. The third-order valence-electron chi connectivity index (χ3n) is 2.99. The summed E-state index contributed by atoms with van der Waals surface area (Å²) >= 11 is 3.35. The van der Waals surface area contributed by atoms with Gasteiger partial charge in [0, 0.05) is 6.42 Å². The Morgan fingerprint density at radius 2 is 1.90 bits per heavy atom. The van der Waals surface area contributed by atoms with Crippen LogP contribution < -0.4 is 9.47 Å². The lowest BCUT2D eigenvalue weighted by Gasteiger charge is -2.09. The molecule has 0 aliphatic heterocycles. The highest BCUT2D eigenvalue weighted by molar-refractivity contribution is 9.10. The largest absolute Gasteiger partial charge is 0.497 e. The summed E-state index contributed by atoms with van der Waals surface area (Å²) in [6.45, 7) is 0.466. The molecule has 0 aromatic heterocycles. The predicted octanol–water partition coefficient (Wildman–Crippen LogP) is 3.78. The fourth-order valence-corrected chi connectivity index (χ4v) is 2.18. The maximum absolute atomic E-state index is 10.9. The molecule has 0 radical (unpaired) electrons. The van der Waals surface area contributed by atoms with Crippen molar-refractivity contribution in [3.8, 4) is 11.5 Å². The number of hydrogen-bond donors (Lipinski definition) is 1. The average Bonchev–Trinajstić information content (AvgIpc) is 2.49. The molecule has 1 N–H and O–H groups in total. The van der Waals surface area contributed by atoms with Crippen LogP contribution in [0.4, 0.5) is 0 Å². The molecule has 4 nitrogen and oxygen atoms in total. The Morgan fingerprint density at radius 3 is 2.52 bits per heavy atom. The standard InChI is InChI=1S/C16H15BrO4/c1-20-13-5-2-11(3-6-13)8-9-21-15-10-12(16(18)19)4-7-14(15)17/h2-7,10H,8-9H2,1H3,(H,18,19). The van der Waals surface area contributed by atoms with Gasteiger partial charge in [-0.3, -0.25) is 0 Å². The van der Waals surface area contributed by atoms with E-state index in [0.717, 1.165) is 22.2 Å². The van der Waals surface area contributed by atoms with Gasteiger partial charge in [0.15, 0.2) is 0 Å². The van der Waals surface area contributed by atoms with Gasteiger partial charge in [0.05, 0.1) is 23.8 Å². The first kappa shape index (κ1) is 15.4. The molecule has 2 aromatic carbocycles. The molecule has 0 bridgehead atoms. The Labute approximate surface area is 131 Å². The van der Waals surface area contributed by atoms with Gasteiger partial charge in [-0.1, -0.05) is 12.1 Å². The van der Waals surface area contributed by atoms with Crippen LogP contribution in [-0.4, -0.2) is 24.8 Å². The normalized spacial score (nSPS) is 10.2. The number of ether oxygens (including phenoxy) is 2. The van der Waals surface area contributed by atoms with Crippen LogP contribution in [0.2, 0.25) is 0 Å². The SMILES string of the molecule is COc1ccc(CCOc2cc(C(=O)O)ccc2Br)cc1. The number of rotatable bonds is 6. The second kappa shape index (κ2) is 7.13. The maximum atomic E-state index is 10.9. The zero-order chi connectivity index (χ0) is 15.2. The molecule has 21 heavy (non-hydrogen) atoms. The monoisotopic (exact) mass is 350 g/mol. The van der Waals surface area contributed by atoms with Crippen molar-refractivity contribution in [2.45, 2.75) is 6.42 Å². The van der Waals surface area contributed by atoms with Crippen LogP contribution in [0.25, 0.3) is 0 Å². The number of carboxylic acid groups (broad SMARTS) is 1. The van der Waals surface area contributed by atoms with Gasteiger partial charge in [-0.15, -0.1) is 0 Å². The van der Waals surface area contributed by atoms with Gasteiger partial charge in [0.2, 0.25) is 0 Å². The van der Waals surface area contributed by atoms with Crippen molar-refractivity contribution in [2.75, 3.05) is 13.7 Å². The third-order valence-corrected chi connectivity index (χ3v) is 3.64. The van der Waals surface area contributed by atoms with E-state index in [1.165, 1.54) is 12.1 Å². The van der Waals surface area contributed by atoms with Crippen LogP contribution in [0.15, 0.2) is 46.9 Å². The second-order valence-corrected chi connectivity index (χ2v) is 5.25. The molecule has 2 aromatic rings. The van der Waals surface area contributed by atoms with E-state index in [1.807, 2.05) is 24.3 Å². The fourth-order valence-electron chi connectivity index (χ4n) is 1.82. The quantitative estimate of drug-likeness (QED) is 0.861. The van der Waals surface area contributed by atoms with Crippen LogP contribution in [0.5, 0.6) is 11.5 Å². The van der Waals surface area contributed by atoms with E-state index in [1.54, 1.807) is 13.2 Å². The molecule has 0 heterocycles. The Bertz CT molecular complexity index is 623. The summed E-state index contributed by atoms with van der Waals surface area (Å²) in [6, 6.07) is 12.5. The lowest BCUT2D eigenvalue weighted by Crippen LogP contribution is -2.03. The summed E-state index contributed by atoms with van der Waals surface area (Å²) in [5.41, 5.74) is 1.33. The summed E-state index contributed by atoms with van der Waals surface area (Å²) in [4.78, 5) is 10.9. The van der Waals surface area contributed by atoms with Gasteiger partial charge in [-0.05, 0) is 51.8 Å². The molecule has 0 aliphatic rings. The van der Waals surface area contributed by atoms with Crippen molar-refractivity contribution in [1.82, 2.24) is 0 Å². The van der Waals surface area contributed by atoms with Gasteiger partial charge in [0.1, 0.15) is 11.5 Å². The first-order valence-electron chi connectivity index (χ1n) is 6.38. The minimum atomic E-state index is -0.970. The molecule has 0 amide bonds. The number of methoxy groups -OCH3 is 1. The fraction of sp³-hybridized carbons (Fsp3) is 0.188. The molecule has 5 heteroatoms. The molecule has 2 rings (SSSR count). The highest BCUT2D eigenvalue weighted by Crippen LogP contribution is 2.26. The van der Waals surface area contributed by atoms with Crippen molar-refractivity contribution in [3.63, 3.8) is 0 Å². The molecule has 0 saturated heterocycles. The number of carbonyl (C=O) groups is 1. The Morgan fingerprint density at radius 1 is 1.19 bits per heavy atom. The number of carboxylic acids is 1. The Balaban J connectivity index is 1.96. The molecular weight excluding hydrogens is 336 g/mol. The minimum absolute atomic E-state index is 0.206. The van der Waals surface area contributed by atoms with Gasteiger partial charge < -0.3 is 14.6 Å². The third kappa shape index (κ3) is 4.23. The zero-order valence-electron chi connectivity index (χ0n) is 11.5. The van der Waals surface area contributed by atoms with Gasteiger partial charge in [-0.25, -0.2) is 4.79 Å². The molecule has 0 unspecified atom stereocenters. The van der Waals surface area contributed by atoms with E-state index in [0.29, 0.717) is 12.4 Å². The van der Waals surface area contributed by atoms with E-state index in [2.05, 4.69) is 15.9 Å². The molecule has 0 aliphatic carbocycles. The van der Waals surface area contributed by atoms with Gasteiger partial charge in [-0.2, -0.15) is 0 Å². The number of halogens is 1. The van der Waals surface area contributed by atoms with Crippen LogP contribution >= 0.6 is 15.9 Å². The van der Waals surface area contributed by atoms with E-state index in [9.17, 15) is 4.79 Å². The summed E-state index contributed by atoms with van der Waals surface area (Å²) in [7, 11) is 1.63. The number of hydrogen-bond acceptors (Lipinski definition) is 3.